The van der Waals surface area contributed by atoms with Crippen LogP contribution in [0.15, 0.2) is 30.3 Å². The Labute approximate surface area is 175 Å². The first kappa shape index (κ1) is 20.1. The number of anilines is 2. The monoisotopic (exact) mass is 393 g/mol. The van der Waals surface area contributed by atoms with Crippen LogP contribution in [0.1, 0.15) is 62.3 Å². The summed E-state index contributed by atoms with van der Waals surface area (Å²) in [7, 11) is 2.18. The van der Waals surface area contributed by atoms with Crippen molar-refractivity contribution in [3.8, 4) is 0 Å². The first-order chi connectivity index (χ1) is 14.0. The largest absolute Gasteiger partial charge is 0.368 e. The minimum Gasteiger partial charge on any atom is -0.368 e. The van der Waals surface area contributed by atoms with E-state index in [1.165, 1.54) is 43.5 Å². The van der Waals surface area contributed by atoms with E-state index >= 15 is 0 Å². The van der Waals surface area contributed by atoms with E-state index in [0.29, 0.717) is 17.9 Å². The molecular formula is C24H35N5. The highest BCUT2D eigenvalue weighted by atomic mass is 15.2. The van der Waals surface area contributed by atoms with Crippen molar-refractivity contribution in [2.24, 2.45) is 5.92 Å². The Morgan fingerprint density at radius 2 is 1.83 bits per heavy atom. The van der Waals surface area contributed by atoms with Gasteiger partial charge in [-0.3, -0.25) is 0 Å². The molecule has 0 radical (unpaired) electrons. The van der Waals surface area contributed by atoms with Crippen LogP contribution in [0.2, 0.25) is 0 Å². The molecule has 29 heavy (non-hydrogen) atoms. The van der Waals surface area contributed by atoms with Crippen LogP contribution in [-0.2, 0) is 6.42 Å². The fraction of sp³-hybridized carbons (Fsp3) is 0.583. The Balaban J connectivity index is 1.55. The zero-order chi connectivity index (χ0) is 20.4. The van der Waals surface area contributed by atoms with Gasteiger partial charge in [0, 0.05) is 31.1 Å². The molecule has 2 aliphatic rings. The van der Waals surface area contributed by atoms with E-state index < -0.39 is 0 Å². The van der Waals surface area contributed by atoms with Gasteiger partial charge in [-0.2, -0.15) is 4.98 Å². The maximum Gasteiger partial charge on any atom is 0.222 e. The van der Waals surface area contributed by atoms with Gasteiger partial charge in [0.1, 0.15) is 5.82 Å². The molecule has 1 aromatic carbocycles. The van der Waals surface area contributed by atoms with Gasteiger partial charge in [-0.05, 0) is 70.5 Å². The van der Waals surface area contributed by atoms with Crippen LogP contribution in [0.3, 0.4) is 0 Å². The van der Waals surface area contributed by atoms with Gasteiger partial charge in [-0.1, -0.05) is 30.3 Å². The van der Waals surface area contributed by atoms with Crippen LogP contribution in [-0.4, -0.2) is 47.6 Å². The van der Waals surface area contributed by atoms with Crippen molar-refractivity contribution in [1.29, 1.82) is 0 Å². The molecule has 1 unspecified atom stereocenters. The summed E-state index contributed by atoms with van der Waals surface area (Å²) in [6.07, 6.45) is 5.87. The molecule has 1 atom stereocenters. The number of nitrogens with two attached hydrogens (primary N) is 1. The fourth-order valence-electron chi connectivity index (χ4n) is 5.11. The number of fused-ring (bicyclic) bond motifs is 1. The molecule has 1 fully saturated rings. The summed E-state index contributed by atoms with van der Waals surface area (Å²) in [5.74, 6) is 2.50. The number of nitrogen functional groups attached to an aromatic ring is 1. The summed E-state index contributed by atoms with van der Waals surface area (Å²) in [5, 5.41) is 0. The molecule has 1 aromatic heterocycles. The lowest BCUT2D eigenvalue weighted by Gasteiger charge is -2.37. The van der Waals surface area contributed by atoms with Crippen molar-refractivity contribution >= 4 is 11.8 Å². The lowest BCUT2D eigenvalue weighted by atomic mass is 9.82. The van der Waals surface area contributed by atoms with Gasteiger partial charge in [0.25, 0.3) is 0 Å². The van der Waals surface area contributed by atoms with Gasteiger partial charge >= 0.3 is 0 Å². The first-order valence-electron chi connectivity index (χ1n) is 11.2. The van der Waals surface area contributed by atoms with Gasteiger partial charge < -0.3 is 15.5 Å². The highest BCUT2D eigenvalue weighted by Crippen LogP contribution is 2.39. The molecule has 0 saturated carbocycles. The van der Waals surface area contributed by atoms with Gasteiger partial charge in [0.15, 0.2) is 0 Å². The maximum atomic E-state index is 6.19. The van der Waals surface area contributed by atoms with Crippen LogP contribution in [0, 0.1) is 5.92 Å². The lowest BCUT2D eigenvalue weighted by Crippen LogP contribution is -2.41. The number of rotatable bonds is 5. The van der Waals surface area contributed by atoms with E-state index in [4.69, 9.17) is 15.7 Å². The third-order valence-corrected chi connectivity index (χ3v) is 6.76. The Kier molecular flexibility index (Phi) is 6.04. The lowest BCUT2D eigenvalue weighted by molar-refractivity contribution is 0.151. The second kappa shape index (κ2) is 8.70. The number of hydrogen-bond donors (Lipinski definition) is 1. The van der Waals surface area contributed by atoms with E-state index in [9.17, 15) is 0 Å². The average Bonchev–Trinajstić information content (AvgIpc) is 2.73. The van der Waals surface area contributed by atoms with Crippen LogP contribution in [0.4, 0.5) is 11.8 Å². The summed E-state index contributed by atoms with van der Waals surface area (Å²) in [6, 6.07) is 11.4. The Bertz CT molecular complexity index is 812. The van der Waals surface area contributed by atoms with Crippen LogP contribution in [0.25, 0.3) is 0 Å². The number of piperidine rings is 1. The highest BCUT2D eigenvalue weighted by molar-refractivity contribution is 5.54. The molecule has 0 amide bonds. The maximum absolute atomic E-state index is 6.19. The topological polar surface area (TPSA) is 58.3 Å². The highest BCUT2D eigenvalue weighted by Gasteiger charge is 2.29. The Morgan fingerprint density at radius 3 is 2.52 bits per heavy atom. The van der Waals surface area contributed by atoms with Crippen molar-refractivity contribution in [2.45, 2.75) is 57.9 Å². The zero-order valence-corrected chi connectivity index (χ0v) is 18.1. The SMILES string of the molecule is CC(C)N1CCC(CN(C)c2nc(N)nc3c2CCCC3c2ccccc2)CC1. The van der Waals surface area contributed by atoms with Gasteiger partial charge in [-0.25, -0.2) is 4.98 Å². The molecule has 4 rings (SSSR count). The minimum absolute atomic E-state index is 0.326. The van der Waals surface area contributed by atoms with E-state index in [0.717, 1.165) is 36.8 Å². The molecule has 2 aromatic rings. The Hall–Kier alpha value is -2.14. The van der Waals surface area contributed by atoms with E-state index in [1.807, 2.05) is 0 Å². The van der Waals surface area contributed by atoms with Crippen molar-refractivity contribution < 1.29 is 0 Å². The summed E-state index contributed by atoms with van der Waals surface area (Å²) >= 11 is 0. The molecule has 1 saturated heterocycles. The smallest absolute Gasteiger partial charge is 0.222 e. The molecule has 1 aliphatic carbocycles. The van der Waals surface area contributed by atoms with Crippen LogP contribution >= 0.6 is 0 Å². The molecule has 5 heteroatoms. The molecule has 2 N–H and O–H groups in total. The second-order valence-electron chi connectivity index (χ2n) is 9.08. The van der Waals surface area contributed by atoms with Crippen molar-refractivity contribution in [1.82, 2.24) is 14.9 Å². The molecule has 5 nitrogen and oxygen atoms in total. The number of benzene rings is 1. The molecule has 2 heterocycles. The fourth-order valence-corrected chi connectivity index (χ4v) is 5.11. The molecule has 156 valence electrons. The predicted octanol–water partition coefficient (Wildman–Crippen LogP) is 4.08. The summed E-state index contributed by atoms with van der Waals surface area (Å²) < 4.78 is 0. The quantitative estimate of drug-likeness (QED) is 0.829. The second-order valence-corrected chi connectivity index (χ2v) is 9.08. The number of nitrogens with zero attached hydrogens (tertiary/aromatic N) is 4. The van der Waals surface area contributed by atoms with Crippen molar-refractivity contribution in [3.63, 3.8) is 0 Å². The standard InChI is InChI=1S/C24H35N5/c1-17(2)29-14-12-18(13-15-29)16-28(3)23-21-11-7-10-20(19-8-5-4-6-9-19)22(21)26-24(25)27-23/h4-6,8-9,17-18,20H,7,10-16H2,1-3H3,(H2,25,26,27). The summed E-state index contributed by atoms with van der Waals surface area (Å²) in [6.45, 7) is 8.05. The molecular weight excluding hydrogens is 358 g/mol. The van der Waals surface area contributed by atoms with Crippen molar-refractivity contribution in [3.05, 3.63) is 47.2 Å². The minimum atomic E-state index is 0.326. The summed E-state index contributed by atoms with van der Waals surface area (Å²) in [5.41, 5.74) is 9.98. The summed E-state index contributed by atoms with van der Waals surface area (Å²) in [4.78, 5) is 14.4. The number of hydrogen-bond acceptors (Lipinski definition) is 5. The zero-order valence-electron chi connectivity index (χ0n) is 18.1. The predicted molar refractivity (Wildman–Crippen MR) is 120 cm³/mol. The average molecular weight is 394 g/mol. The third-order valence-electron chi connectivity index (χ3n) is 6.76. The number of aromatic nitrogens is 2. The number of likely N-dealkylation sites (tertiary alicyclic amines) is 1. The van der Waals surface area contributed by atoms with Gasteiger partial charge in [0.05, 0.1) is 5.69 Å². The Morgan fingerprint density at radius 1 is 1.10 bits per heavy atom. The van der Waals surface area contributed by atoms with Gasteiger partial charge in [0.2, 0.25) is 5.95 Å². The van der Waals surface area contributed by atoms with Crippen LogP contribution in [0.5, 0.6) is 0 Å². The van der Waals surface area contributed by atoms with Crippen molar-refractivity contribution in [2.75, 3.05) is 37.3 Å². The molecule has 1 aliphatic heterocycles. The van der Waals surface area contributed by atoms with Gasteiger partial charge in [-0.15, -0.1) is 0 Å². The molecule has 0 spiro atoms. The van der Waals surface area contributed by atoms with E-state index in [2.05, 4.69) is 61.0 Å². The third kappa shape index (κ3) is 4.40. The normalized spacial score (nSPS) is 20.6. The van der Waals surface area contributed by atoms with Crippen LogP contribution < -0.4 is 10.6 Å². The first-order valence-corrected chi connectivity index (χ1v) is 11.2. The van der Waals surface area contributed by atoms with E-state index in [1.54, 1.807) is 0 Å². The van der Waals surface area contributed by atoms with E-state index in [-0.39, 0.29) is 0 Å². The molecule has 0 bridgehead atoms.